The summed E-state index contributed by atoms with van der Waals surface area (Å²) in [7, 11) is 0. The average molecular weight is 496 g/mol. The molecule has 39 heavy (non-hydrogen) atoms. The minimum Gasteiger partial charge on any atom is -0.265 e. The summed E-state index contributed by atoms with van der Waals surface area (Å²) in [6.45, 7) is 2.18. The van der Waals surface area contributed by atoms with Crippen molar-refractivity contribution in [3.8, 4) is 33.4 Å². The van der Waals surface area contributed by atoms with Gasteiger partial charge in [-0.3, -0.25) is 4.98 Å². The Balaban J connectivity index is 1.39. The maximum absolute atomic E-state index is 4.28. The summed E-state index contributed by atoms with van der Waals surface area (Å²) in [5.41, 5.74) is 8.71. The predicted molar refractivity (Wildman–Crippen MR) is 166 cm³/mol. The minimum absolute atomic E-state index is 1.19. The smallest absolute Gasteiger partial charge is 0.0273 e. The maximum Gasteiger partial charge on any atom is 0.0273 e. The molecule has 0 aliphatic rings. The third-order valence-corrected chi connectivity index (χ3v) is 8.15. The number of hydrogen-bond acceptors (Lipinski definition) is 1. The van der Waals surface area contributed by atoms with Gasteiger partial charge in [-0.15, -0.1) is 0 Å². The highest BCUT2D eigenvalue weighted by Gasteiger charge is 2.17. The molecule has 1 heterocycles. The van der Waals surface area contributed by atoms with Crippen molar-refractivity contribution >= 4 is 43.1 Å². The third kappa shape index (κ3) is 3.44. The van der Waals surface area contributed by atoms with Crippen molar-refractivity contribution in [3.05, 3.63) is 139 Å². The Kier molecular flexibility index (Phi) is 4.80. The molecule has 0 spiro atoms. The lowest BCUT2D eigenvalue weighted by Gasteiger charge is -2.18. The number of nitrogens with zero attached hydrogens (tertiary/aromatic N) is 1. The highest BCUT2D eigenvalue weighted by Crippen LogP contribution is 2.44. The van der Waals surface area contributed by atoms with Crippen LogP contribution in [0.15, 0.2) is 134 Å². The Hall–Kier alpha value is -5.01. The predicted octanol–water partition coefficient (Wildman–Crippen LogP) is 10.4. The van der Waals surface area contributed by atoms with Gasteiger partial charge in [0.25, 0.3) is 0 Å². The van der Waals surface area contributed by atoms with Crippen LogP contribution in [0.3, 0.4) is 0 Å². The van der Waals surface area contributed by atoms with E-state index in [1.165, 1.54) is 82.0 Å². The van der Waals surface area contributed by atoms with E-state index in [2.05, 4.69) is 133 Å². The van der Waals surface area contributed by atoms with E-state index in [0.29, 0.717) is 0 Å². The third-order valence-electron chi connectivity index (χ3n) is 8.15. The molecule has 0 bridgehead atoms. The van der Waals surface area contributed by atoms with Gasteiger partial charge in [0.05, 0.1) is 0 Å². The molecule has 0 aliphatic carbocycles. The molecule has 0 amide bonds. The molecule has 1 heteroatoms. The Labute approximate surface area is 227 Å². The average Bonchev–Trinajstić information content (AvgIpc) is 2.99. The number of benzene rings is 7. The first kappa shape index (κ1) is 22.0. The zero-order valence-corrected chi connectivity index (χ0v) is 21.6. The molecule has 7 aromatic carbocycles. The molecule has 0 saturated carbocycles. The van der Waals surface area contributed by atoms with Gasteiger partial charge >= 0.3 is 0 Å². The fourth-order valence-electron chi connectivity index (χ4n) is 6.39. The Morgan fingerprint density at radius 3 is 1.69 bits per heavy atom. The van der Waals surface area contributed by atoms with Gasteiger partial charge in [-0.2, -0.15) is 0 Å². The largest absolute Gasteiger partial charge is 0.265 e. The van der Waals surface area contributed by atoms with Crippen molar-refractivity contribution < 1.29 is 0 Å². The van der Waals surface area contributed by atoms with Crippen LogP contribution in [0.25, 0.3) is 76.5 Å². The topological polar surface area (TPSA) is 12.9 Å². The molecule has 8 rings (SSSR count). The SMILES string of the molecule is Cc1cc2ccc3c(-c4ccncc4)cc(-c4ccc(-c5cccc6ccccc56)cc4)c4ccc(c1)c2c34. The van der Waals surface area contributed by atoms with Crippen molar-refractivity contribution in [1.29, 1.82) is 0 Å². The van der Waals surface area contributed by atoms with Gasteiger partial charge in [-0.25, -0.2) is 0 Å². The summed E-state index contributed by atoms with van der Waals surface area (Å²) in [5.74, 6) is 0. The van der Waals surface area contributed by atoms with E-state index in [-0.39, 0.29) is 0 Å². The Morgan fingerprint density at radius 2 is 1.00 bits per heavy atom. The summed E-state index contributed by atoms with van der Waals surface area (Å²) in [6.07, 6.45) is 3.77. The van der Waals surface area contributed by atoms with Gasteiger partial charge in [0.1, 0.15) is 0 Å². The van der Waals surface area contributed by atoms with Crippen LogP contribution in [0.4, 0.5) is 0 Å². The molecule has 0 radical (unpaired) electrons. The molecule has 0 aliphatic heterocycles. The van der Waals surface area contributed by atoms with Gasteiger partial charge in [0, 0.05) is 12.4 Å². The number of rotatable bonds is 3. The lowest BCUT2D eigenvalue weighted by molar-refractivity contribution is 1.33. The van der Waals surface area contributed by atoms with Crippen molar-refractivity contribution in [2.75, 3.05) is 0 Å². The molecule has 0 N–H and O–H groups in total. The number of hydrogen-bond donors (Lipinski definition) is 0. The highest BCUT2D eigenvalue weighted by atomic mass is 14.6. The lowest BCUT2D eigenvalue weighted by Crippen LogP contribution is -1.92. The quantitative estimate of drug-likeness (QED) is 0.222. The monoisotopic (exact) mass is 495 g/mol. The van der Waals surface area contributed by atoms with Crippen LogP contribution in [0.5, 0.6) is 0 Å². The molecule has 1 aromatic heterocycles. The van der Waals surface area contributed by atoms with Crippen molar-refractivity contribution in [3.63, 3.8) is 0 Å². The van der Waals surface area contributed by atoms with Gasteiger partial charge in [0.2, 0.25) is 0 Å². The van der Waals surface area contributed by atoms with Crippen molar-refractivity contribution in [1.82, 2.24) is 4.98 Å². The van der Waals surface area contributed by atoms with Crippen LogP contribution in [0.2, 0.25) is 0 Å². The second-order valence-electron chi connectivity index (χ2n) is 10.5. The van der Waals surface area contributed by atoms with Gasteiger partial charge < -0.3 is 0 Å². The number of aromatic nitrogens is 1. The highest BCUT2D eigenvalue weighted by molar-refractivity contribution is 6.28. The minimum atomic E-state index is 1.19. The Morgan fingerprint density at radius 1 is 0.410 bits per heavy atom. The van der Waals surface area contributed by atoms with Crippen molar-refractivity contribution in [2.45, 2.75) is 6.92 Å². The van der Waals surface area contributed by atoms with E-state index in [0.717, 1.165) is 0 Å². The molecule has 0 unspecified atom stereocenters. The summed E-state index contributed by atoms with van der Waals surface area (Å²) >= 11 is 0. The standard InChI is InChI=1S/C38H25N/c1-24-21-29-13-15-33-35(27-11-9-26(10-12-27)32-8-4-6-25-5-2-3-7-31(25)32)23-36(28-17-19-39-20-18-28)34-16-14-30(22-24)37(29)38(33)34/h2-23H,1H3. The summed E-state index contributed by atoms with van der Waals surface area (Å²) in [4.78, 5) is 4.28. The van der Waals surface area contributed by atoms with Crippen molar-refractivity contribution in [2.24, 2.45) is 0 Å². The van der Waals surface area contributed by atoms with E-state index in [1.807, 2.05) is 12.4 Å². The summed E-state index contributed by atoms with van der Waals surface area (Å²) in [5, 5.41) is 10.4. The van der Waals surface area contributed by atoms with Crippen LogP contribution in [-0.2, 0) is 0 Å². The van der Waals surface area contributed by atoms with Gasteiger partial charge in [-0.05, 0) is 107 Å². The zero-order chi connectivity index (χ0) is 25.9. The zero-order valence-electron chi connectivity index (χ0n) is 21.6. The van der Waals surface area contributed by atoms with Crippen LogP contribution < -0.4 is 0 Å². The molecule has 0 saturated heterocycles. The van der Waals surface area contributed by atoms with Crippen LogP contribution in [0, 0.1) is 6.92 Å². The van der Waals surface area contributed by atoms with E-state index in [4.69, 9.17) is 0 Å². The number of pyridine rings is 1. The molecular weight excluding hydrogens is 470 g/mol. The van der Waals surface area contributed by atoms with Gasteiger partial charge in [-0.1, -0.05) is 103 Å². The number of fused-ring (bicyclic) bond motifs is 1. The molecule has 182 valence electrons. The normalized spacial score (nSPS) is 11.7. The lowest BCUT2D eigenvalue weighted by atomic mass is 9.85. The maximum atomic E-state index is 4.28. The van der Waals surface area contributed by atoms with Crippen LogP contribution in [-0.4, -0.2) is 4.98 Å². The molecule has 0 atom stereocenters. The molecular formula is C38H25N. The van der Waals surface area contributed by atoms with E-state index in [9.17, 15) is 0 Å². The molecule has 8 aromatic rings. The summed E-state index contributed by atoms with van der Waals surface area (Å²) in [6, 6.07) is 44.6. The van der Waals surface area contributed by atoms with Crippen LogP contribution in [0.1, 0.15) is 5.56 Å². The van der Waals surface area contributed by atoms with E-state index < -0.39 is 0 Å². The van der Waals surface area contributed by atoms with E-state index in [1.54, 1.807) is 0 Å². The second kappa shape index (κ2) is 8.51. The van der Waals surface area contributed by atoms with Gasteiger partial charge in [0.15, 0.2) is 0 Å². The van der Waals surface area contributed by atoms with Crippen LogP contribution >= 0.6 is 0 Å². The first-order valence-corrected chi connectivity index (χ1v) is 13.5. The first-order valence-electron chi connectivity index (χ1n) is 13.5. The summed E-state index contributed by atoms with van der Waals surface area (Å²) < 4.78 is 0. The van der Waals surface area contributed by atoms with E-state index >= 15 is 0 Å². The fraction of sp³-hybridized carbons (Fsp3) is 0.0263. The molecule has 0 fully saturated rings. The first-order chi connectivity index (χ1) is 19.2. The second-order valence-corrected chi connectivity index (χ2v) is 10.5. The molecule has 1 nitrogen and oxygen atoms in total. The Bertz CT molecular complexity index is 2130. The number of aryl methyl sites for hydroxylation is 1. The fourth-order valence-corrected chi connectivity index (χ4v) is 6.39.